The smallest absolute Gasteiger partial charge is 0.221 e. The Balaban J connectivity index is 1.78. The summed E-state index contributed by atoms with van der Waals surface area (Å²) < 4.78 is 0. The maximum atomic E-state index is 12.0. The Bertz CT molecular complexity index is 294. The first-order valence-electron chi connectivity index (χ1n) is 7.26. The van der Waals surface area contributed by atoms with Crippen molar-refractivity contribution in [3.63, 3.8) is 0 Å². The Labute approximate surface area is 110 Å². The van der Waals surface area contributed by atoms with Crippen LogP contribution < -0.4 is 10.6 Å². The number of aliphatic hydroxyl groups is 1. The molecule has 0 radical (unpaired) electrons. The molecule has 0 bridgehead atoms. The van der Waals surface area contributed by atoms with E-state index in [1.165, 1.54) is 19.3 Å². The van der Waals surface area contributed by atoms with Gasteiger partial charge in [-0.25, -0.2) is 0 Å². The van der Waals surface area contributed by atoms with E-state index in [-0.39, 0.29) is 11.4 Å². The lowest BCUT2D eigenvalue weighted by Crippen LogP contribution is -2.51. The van der Waals surface area contributed by atoms with E-state index in [2.05, 4.69) is 10.6 Å². The molecule has 4 nitrogen and oxygen atoms in total. The van der Waals surface area contributed by atoms with Crippen molar-refractivity contribution in [3.8, 4) is 0 Å². The lowest BCUT2D eigenvalue weighted by molar-refractivity contribution is -0.125. The highest BCUT2D eigenvalue weighted by Crippen LogP contribution is 2.32. The van der Waals surface area contributed by atoms with E-state index in [1.807, 2.05) is 7.05 Å². The third-order valence-corrected chi connectivity index (χ3v) is 4.74. The molecule has 104 valence electrons. The molecule has 18 heavy (non-hydrogen) atoms. The Kier molecular flexibility index (Phi) is 4.28. The molecule has 0 saturated heterocycles. The van der Waals surface area contributed by atoms with E-state index in [0.29, 0.717) is 13.0 Å². The van der Waals surface area contributed by atoms with Crippen molar-refractivity contribution in [2.75, 3.05) is 13.6 Å². The predicted molar refractivity (Wildman–Crippen MR) is 71.3 cm³/mol. The molecule has 3 N–H and O–H groups in total. The summed E-state index contributed by atoms with van der Waals surface area (Å²) in [6.45, 7) is 0.422. The van der Waals surface area contributed by atoms with Crippen LogP contribution in [-0.4, -0.2) is 35.7 Å². The second kappa shape index (κ2) is 5.57. The standard InChI is InChI=1S/C14H26N2O2/c1-15-13(6-3-2-4-7-13)10-12(17)16-11-14(18)8-5-9-14/h15,18H,2-11H2,1H3,(H,16,17). The molecule has 0 aromatic heterocycles. The summed E-state index contributed by atoms with van der Waals surface area (Å²) in [5.41, 5.74) is -0.625. The van der Waals surface area contributed by atoms with Crippen molar-refractivity contribution in [2.45, 2.75) is 68.9 Å². The van der Waals surface area contributed by atoms with Crippen LogP contribution in [-0.2, 0) is 4.79 Å². The van der Waals surface area contributed by atoms with Crippen LogP contribution in [0.4, 0.5) is 0 Å². The summed E-state index contributed by atoms with van der Waals surface area (Å²) in [4.78, 5) is 12.0. The number of rotatable bonds is 5. The zero-order valence-corrected chi connectivity index (χ0v) is 11.4. The molecule has 2 saturated carbocycles. The molecule has 4 heteroatoms. The summed E-state index contributed by atoms with van der Waals surface area (Å²) in [6.07, 6.45) is 9.13. The van der Waals surface area contributed by atoms with Crippen molar-refractivity contribution >= 4 is 5.91 Å². The van der Waals surface area contributed by atoms with Gasteiger partial charge in [-0.05, 0) is 39.2 Å². The van der Waals surface area contributed by atoms with Gasteiger partial charge in [-0.15, -0.1) is 0 Å². The second-order valence-corrected chi connectivity index (χ2v) is 6.12. The third kappa shape index (κ3) is 3.23. The molecule has 1 amide bonds. The zero-order valence-electron chi connectivity index (χ0n) is 11.4. The van der Waals surface area contributed by atoms with Gasteiger partial charge in [0.25, 0.3) is 0 Å². The predicted octanol–water partition coefficient (Wildman–Crippen LogP) is 1.33. The van der Waals surface area contributed by atoms with Gasteiger partial charge in [0.15, 0.2) is 0 Å². The van der Waals surface area contributed by atoms with Crippen molar-refractivity contribution in [3.05, 3.63) is 0 Å². The molecule has 0 aromatic carbocycles. The minimum atomic E-state index is -0.616. The molecule has 0 heterocycles. The van der Waals surface area contributed by atoms with E-state index in [4.69, 9.17) is 0 Å². The molecule has 0 aromatic rings. The van der Waals surface area contributed by atoms with Gasteiger partial charge in [-0.2, -0.15) is 0 Å². The second-order valence-electron chi connectivity index (χ2n) is 6.12. The van der Waals surface area contributed by atoms with Crippen LogP contribution in [0.2, 0.25) is 0 Å². The van der Waals surface area contributed by atoms with Gasteiger partial charge in [-0.1, -0.05) is 19.3 Å². The van der Waals surface area contributed by atoms with Crippen LogP contribution in [0.3, 0.4) is 0 Å². The number of nitrogens with one attached hydrogen (secondary N) is 2. The molecule has 2 aliphatic carbocycles. The molecule has 0 atom stereocenters. The molecule has 2 aliphatic rings. The maximum absolute atomic E-state index is 12.0. The normalized spacial score (nSPS) is 25.2. The summed E-state index contributed by atoms with van der Waals surface area (Å²) in [6, 6.07) is 0. The van der Waals surface area contributed by atoms with Crippen LogP contribution in [0, 0.1) is 0 Å². The first kappa shape index (κ1) is 13.8. The highest BCUT2D eigenvalue weighted by Gasteiger charge is 2.36. The van der Waals surface area contributed by atoms with Crippen molar-refractivity contribution in [1.82, 2.24) is 10.6 Å². The van der Waals surface area contributed by atoms with Gasteiger partial charge >= 0.3 is 0 Å². The van der Waals surface area contributed by atoms with E-state index in [1.54, 1.807) is 0 Å². The Morgan fingerprint density at radius 1 is 1.11 bits per heavy atom. The maximum Gasteiger partial charge on any atom is 0.221 e. The average molecular weight is 254 g/mol. The van der Waals surface area contributed by atoms with Gasteiger partial charge in [0.05, 0.1) is 5.60 Å². The fourth-order valence-corrected chi connectivity index (χ4v) is 3.14. The van der Waals surface area contributed by atoms with E-state index in [9.17, 15) is 9.90 Å². The van der Waals surface area contributed by atoms with Gasteiger partial charge in [0.1, 0.15) is 0 Å². The molecular weight excluding hydrogens is 228 g/mol. The fourth-order valence-electron chi connectivity index (χ4n) is 3.14. The summed E-state index contributed by atoms with van der Waals surface area (Å²) in [7, 11) is 1.96. The van der Waals surface area contributed by atoms with Crippen LogP contribution >= 0.6 is 0 Å². The first-order valence-corrected chi connectivity index (χ1v) is 7.26. The first-order chi connectivity index (χ1) is 8.58. The highest BCUT2D eigenvalue weighted by molar-refractivity contribution is 5.77. The topological polar surface area (TPSA) is 61.4 Å². The highest BCUT2D eigenvalue weighted by atomic mass is 16.3. The van der Waals surface area contributed by atoms with Crippen molar-refractivity contribution in [2.24, 2.45) is 0 Å². The molecule has 2 fully saturated rings. The van der Waals surface area contributed by atoms with Gasteiger partial charge in [0.2, 0.25) is 5.91 Å². The van der Waals surface area contributed by atoms with E-state index < -0.39 is 5.60 Å². The van der Waals surface area contributed by atoms with Crippen LogP contribution in [0.15, 0.2) is 0 Å². The van der Waals surface area contributed by atoms with Crippen LogP contribution in [0.5, 0.6) is 0 Å². The Morgan fingerprint density at radius 3 is 2.28 bits per heavy atom. The van der Waals surface area contributed by atoms with Crippen molar-refractivity contribution < 1.29 is 9.90 Å². The fraction of sp³-hybridized carbons (Fsp3) is 0.929. The summed E-state index contributed by atoms with van der Waals surface area (Å²) in [5, 5.41) is 16.2. The monoisotopic (exact) mass is 254 g/mol. The number of hydrogen-bond acceptors (Lipinski definition) is 3. The van der Waals surface area contributed by atoms with E-state index >= 15 is 0 Å². The molecular formula is C14H26N2O2. The molecule has 0 aliphatic heterocycles. The van der Waals surface area contributed by atoms with Gasteiger partial charge in [-0.3, -0.25) is 4.79 Å². The van der Waals surface area contributed by atoms with Crippen molar-refractivity contribution in [1.29, 1.82) is 0 Å². The third-order valence-electron chi connectivity index (χ3n) is 4.74. The Morgan fingerprint density at radius 2 is 1.78 bits per heavy atom. The lowest BCUT2D eigenvalue weighted by atomic mass is 9.78. The SMILES string of the molecule is CNC1(CC(=O)NCC2(O)CCC2)CCCCC1. The molecule has 0 spiro atoms. The summed E-state index contributed by atoms with van der Waals surface area (Å²) in [5.74, 6) is 0.0755. The quantitative estimate of drug-likeness (QED) is 0.693. The van der Waals surface area contributed by atoms with Crippen LogP contribution in [0.1, 0.15) is 57.8 Å². The summed E-state index contributed by atoms with van der Waals surface area (Å²) >= 11 is 0. The minimum absolute atomic E-state index is 0.00936. The Hall–Kier alpha value is -0.610. The number of hydrogen-bond donors (Lipinski definition) is 3. The molecule has 0 unspecified atom stereocenters. The largest absolute Gasteiger partial charge is 0.388 e. The lowest BCUT2D eigenvalue weighted by Gasteiger charge is -2.38. The van der Waals surface area contributed by atoms with Crippen LogP contribution in [0.25, 0.3) is 0 Å². The van der Waals surface area contributed by atoms with Gasteiger partial charge < -0.3 is 15.7 Å². The average Bonchev–Trinajstić information content (AvgIpc) is 2.35. The zero-order chi connectivity index (χ0) is 13.1. The number of amides is 1. The number of carbonyl (C=O) groups excluding carboxylic acids is 1. The minimum Gasteiger partial charge on any atom is -0.388 e. The van der Waals surface area contributed by atoms with Gasteiger partial charge in [0, 0.05) is 18.5 Å². The number of carbonyl (C=O) groups is 1. The van der Waals surface area contributed by atoms with E-state index in [0.717, 1.165) is 32.1 Å². The molecule has 2 rings (SSSR count).